The Labute approximate surface area is 201 Å². The van der Waals surface area contributed by atoms with Crippen LogP contribution in [0.4, 0.5) is 13.2 Å². The van der Waals surface area contributed by atoms with Gasteiger partial charge in [-0.15, -0.1) is 0 Å². The molecule has 1 amide bonds. The summed E-state index contributed by atoms with van der Waals surface area (Å²) in [6, 6.07) is 8.56. The van der Waals surface area contributed by atoms with E-state index in [1.165, 1.54) is 18.2 Å². The highest BCUT2D eigenvalue weighted by Gasteiger charge is 2.62. The van der Waals surface area contributed by atoms with Gasteiger partial charge < -0.3 is 10.2 Å². The minimum Gasteiger partial charge on any atom is -0.374 e. The number of carbonyl (C=O) groups is 1. The van der Waals surface area contributed by atoms with Gasteiger partial charge in [0.15, 0.2) is 0 Å². The fourth-order valence-electron chi connectivity index (χ4n) is 3.83. The number of amides is 1. The van der Waals surface area contributed by atoms with E-state index < -0.39 is 18.2 Å². The summed E-state index contributed by atoms with van der Waals surface area (Å²) in [5.74, 6) is -0.217. The van der Waals surface area contributed by atoms with Gasteiger partial charge in [0.05, 0.1) is 5.71 Å². The van der Waals surface area contributed by atoms with E-state index in [0.29, 0.717) is 16.7 Å². The third-order valence-electron chi connectivity index (χ3n) is 5.69. The molecule has 33 heavy (non-hydrogen) atoms. The molecule has 3 rings (SSSR count). The molecule has 0 saturated carbocycles. The molecule has 4 nitrogen and oxygen atoms in total. The van der Waals surface area contributed by atoms with E-state index in [1.54, 1.807) is 25.1 Å². The summed E-state index contributed by atoms with van der Waals surface area (Å²) in [5, 5.41) is 6.86. The van der Waals surface area contributed by atoms with Crippen LogP contribution in [0.3, 0.4) is 0 Å². The largest absolute Gasteiger partial charge is 0.435 e. The van der Waals surface area contributed by atoms with Crippen molar-refractivity contribution in [2.75, 3.05) is 0 Å². The molecule has 0 fully saturated rings. The minimum atomic E-state index is -4.77. The zero-order chi connectivity index (χ0) is 24.4. The Morgan fingerprint density at radius 3 is 2.45 bits per heavy atom. The van der Waals surface area contributed by atoms with Crippen molar-refractivity contribution in [3.05, 3.63) is 68.7 Å². The first-order valence-electron chi connectivity index (χ1n) is 10.7. The third-order valence-corrected chi connectivity index (χ3v) is 6.12. The van der Waals surface area contributed by atoms with Crippen LogP contribution in [-0.4, -0.2) is 23.8 Å². The van der Waals surface area contributed by atoms with Crippen LogP contribution in [0.15, 0.2) is 41.6 Å². The zero-order valence-corrected chi connectivity index (χ0v) is 20.0. The van der Waals surface area contributed by atoms with Crippen molar-refractivity contribution < 1.29 is 22.8 Å². The van der Waals surface area contributed by atoms with Crippen molar-refractivity contribution in [1.82, 2.24) is 5.32 Å². The molecule has 2 aromatic rings. The molecule has 0 aliphatic carbocycles. The van der Waals surface area contributed by atoms with Gasteiger partial charge in [-0.2, -0.15) is 13.2 Å². The lowest BCUT2D eigenvalue weighted by atomic mass is 9.86. The van der Waals surface area contributed by atoms with Gasteiger partial charge in [-0.3, -0.25) is 4.79 Å². The van der Waals surface area contributed by atoms with E-state index in [2.05, 4.69) is 17.4 Å². The average molecular weight is 501 g/mol. The van der Waals surface area contributed by atoms with Gasteiger partial charge in [-0.25, -0.2) is 0 Å². The van der Waals surface area contributed by atoms with E-state index in [-0.39, 0.29) is 33.3 Å². The van der Waals surface area contributed by atoms with Crippen LogP contribution in [0.2, 0.25) is 10.0 Å². The van der Waals surface area contributed by atoms with Crippen molar-refractivity contribution in [2.24, 2.45) is 5.16 Å². The van der Waals surface area contributed by atoms with E-state index in [4.69, 9.17) is 28.0 Å². The van der Waals surface area contributed by atoms with Gasteiger partial charge in [-0.1, -0.05) is 54.2 Å². The number of aryl methyl sites for hydroxylation is 1. The fraction of sp³-hybridized carbons (Fsp3) is 0.417. The smallest absolute Gasteiger partial charge is 0.374 e. The van der Waals surface area contributed by atoms with E-state index in [9.17, 15) is 18.0 Å². The predicted octanol–water partition coefficient (Wildman–Crippen LogP) is 7.19. The van der Waals surface area contributed by atoms with Crippen LogP contribution in [0.1, 0.15) is 66.6 Å². The quantitative estimate of drug-likeness (QED) is 0.437. The molecule has 0 aromatic heterocycles. The maximum atomic E-state index is 14.2. The lowest BCUT2D eigenvalue weighted by Gasteiger charge is -2.29. The number of nitrogens with zero attached hydrogens (tertiary/aromatic N) is 1. The van der Waals surface area contributed by atoms with Crippen LogP contribution in [0, 0.1) is 6.92 Å². The maximum absolute atomic E-state index is 14.2. The average Bonchev–Trinajstić information content (AvgIpc) is 3.18. The molecule has 1 heterocycles. The molecular weight excluding hydrogens is 476 g/mol. The van der Waals surface area contributed by atoms with Crippen LogP contribution in [0.25, 0.3) is 0 Å². The molecular formula is C24H25Cl2F3N2O2. The second kappa shape index (κ2) is 9.94. The van der Waals surface area contributed by atoms with Gasteiger partial charge >= 0.3 is 6.18 Å². The Bertz CT molecular complexity index is 1050. The van der Waals surface area contributed by atoms with Crippen molar-refractivity contribution in [2.45, 2.75) is 64.3 Å². The highest BCUT2D eigenvalue weighted by atomic mass is 35.5. The Hall–Kier alpha value is -2.25. The van der Waals surface area contributed by atoms with Crippen molar-refractivity contribution >= 4 is 34.8 Å². The topological polar surface area (TPSA) is 50.7 Å². The SMILES string of the molecule is CCCCC(C)NC(=O)c1ccc(C2=NOC(c3cc(Cl)cc(Cl)c3)(C(F)(F)F)C2)cc1C. The molecule has 0 radical (unpaired) electrons. The molecule has 0 bridgehead atoms. The van der Waals surface area contributed by atoms with Crippen molar-refractivity contribution in [3.63, 3.8) is 0 Å². The standard InChI is InChI=1S/C24H25Cl2F3N2O2/c1-4-5-6-15(3)30-22(32)20-8-7-16(9-14(20)2)21-13-23(33-31-21,24(27,28)29)17-10-18(25)12-19(26)11-17/h7-12,15H,4-6,13H2,1-3H3,(H,30,32). The second-order valence-electron chi connectivity index (χ2n) is 8.34. The number of rotatable bonds is 7. The minimum absolute atomic E-state index is 0.0288. The molecule has 178 valence electrons. The number of unbranched alkanes of at least 4 members (excludes halogenated alkanes) is 1. The summed E-state index contributed by atoms with van der Waals surface area (Å²) in [7, 11) is 0. The van der Waals surface area contributed by atoms with Crippen molar-refractivity contribution in [3.8, 4) is 0 Å². The van der Waals surface area contributed by atoms with Crippen molar-refractivity contribution in [1.29, 1.82) is 0 Å². The number of alkyl halides is 3. The predicted molar refractivity (Wildman–Crippen MR) is 124 cm³/mol. The summed E-state index contributed by atoms with van der Waals surface area (Å²) in [6.07, 6.45) is -2.39. The van der Waals surface area contributed by atoms with Gasteiger partial charge in [0.1, 0.15) is 0 Å². The zero-order valence-electron chi connectivity index (χ0n) is 18.5. The van der Waals surface area contributed by atoms with Gasteiger partial charge in [-0.05, 0) is 61.7 Å². The van der Waals surface area contributed by atoms with Gasteiger partial charge in [0.2, 0.25) is 0 Å². The molecule has 0 spiro atoms. The lowest BCUT2D eigenvalue weighted by molar-refractivity contribution is -0.275. The van der Waals surface area contributed by atoms with E-state index in [1.807, 2.05) is 6.92 Å². The molecule has 1 aliphatic rings. The van der Waals surface area contributed by atoms with Crippen LogP contribution >= 0.6 is 23.2 Å². The molecule has 2 aromatic carbocycles. The summed E-state index contributed by atoms with van der Waals surface area (Å²) in [4.78, 5) is 17.7. The summed E-state index contributed by atoms with van der Waals surface area (Å²) < 4.78 is 42.5. The fourth-order valence-corrected chi connectivity index (χ4v) is 4.35. The molecule has 0 saturated heterocycles. The summed E-state index contributed by atoms with van der Waals surface area (Å²) >= 11 is 11.9. The third kappa shape index (κ3) is 5.46. The Kier molecular flexibility index (Phi) is 7.64. The highest BCUT2D eigenvalue weighted by molar-refractivity contribution is 6.34. The first-order chi connectivity index (χ1) is 15.5. The summed E-state index contributed by atoms with van der Waals surface area (Å²) in [6.45, 7) is 5.77. The normalized spacial score (nSPS) is 19.1. The number of nitrogens with one attached hydrogen (secondary N) is 1. The molecule has 2 unspecified atom stereocenters. The number of halogens is 5. The first-order valence-corrected chi connectivity index (χ1v) is 11.4. The molecule has 2 atom stereocenters. The van der Waals surface area contributed by atoms with Crippen LogP contribution < -0.4 is 5.32 Å². The molecule has 9 heteroatoms. The van der Waals surface area contributed by atoms with E-state index in [0.717, 1.165) is 19.3 Å². The lowest BCUT2D eigenvalue weighted by Crippen LogP contribution is -2.42. The number of carbonyl (C=O) groups excluding carboxylic acids is 1. The Morgan fingerprint density at radius 1 is 1.21 bits per heavy atom. The Balaban J connectivity index is 1.85. The Morgan fingerprint density at radius 2 is 1.88 bits per heavy atom. The van der Waals surface area contributed by atoms with Crippen LogP contribution in [-0.2, 0) is 10.4 Å². The second-order valence-corrected chi connectivity index (χ2v) is 9.21. The van der Waals surface area contributed by atoms with Crippen LogP contribution in [0.5, 0.6) is 0 Å². The van der Waals surface area contributed by atoms with E-state index >= 15 is 0 Å². The number of benzene rings is 2. The monoisotopic (exact) mass is 500 g/mol. The molecule has 1 N–H and O–H groups in total. The highest BCUT2D eigenvalue weighted by Crippen LogP contribution is 2.49. The number of oxime groups is 1. The number of hydrogen-bond donors (Lipinski definition) is 1. The number of hydrogen-bond acceptors (Lipinski definition) is 3. The maximum Gasteiger partial charge on any atom is 0.435 e. The molecule has 1 aliphatic heterocycles. The summed E-state index contributed by atoms with van der Waals surface area (Å²) in [5.41, 5.74) is -1.26. The van der Waals surface area contributed by atoms with Gasteiger partial charge in [0, 0.05) is 33.6 Å². The first kappa shape index (κ1) is 25.4. The van der Waals surface area contributed by atoms with Gasteiger partial charge in [0.25, 0.3) is 11.5 Å².